The molecule has 0 fully saturated rings. The molecule has 3 aromatic carbocycles. The van der Waals surface area contributed by atoms with E-state index >= 15 is 0 Å². The third-order valence-corrected chi connectivity index (χ3v) is 7.53. The highest BCUT2D eigenvalue weighted by molar-refractivity contribution is 7.51. The molecule has 11 heteroatoms. The molecule has 5 aromatic rings. The van der Waals surface area contributed by atoms with E-state index in [1.807, 2.05) is 66.1 Å². The Morgan fingerprint density at radius 2 is 1.44 bits per heavy atom. The molecule has 1 atom stereocenters. The number of aromatic nitrogens is 4. The predicted octanol–water partition coefficient (Wildman–Crippen LogP) is 5.29. The number of anilines is 1. The first-order valence-corrected chi connectivity index (χ1v) is 15.0. The summed E-state index contributed by atoms with van der Waals surface area (Å²) in [4.78, 5) is 38.7. The first-order chi connectivity index (χ1) is 19.9. The van der Waals surface area contributed by atoms with E-state index in [2.05, 4.69) is 46.9 Å². The van der Waals surface area contributed by atoms with E-state index in [0.717, 1.165) is 16.7 Å². The van der Waals surface area contributed by atoms with Crippen LogP contribution in [0.1, 0.15) is 41.9 Å². The van der Waals surface area contributed by atoms with Gasteiger partial charge in [0.2, 0.25) is 0 Å². The Morgan fingerprint density at radius 1 is 0.902 bits per heavy atom. The molecule has 0 spiro atoms. The number of rotatable bonds is 12. The van der Waals surface area contributed by atoms with Crippen LogP contribution in [-0.4, -0.2) is 49.4 Å². The number of hydrogen-bond donors (Lipinski definition) is 3. The van der Waals surface area contributed by atoms with Gasteiger partial charge in [-0.3, -0.25) is 9.40 Å². The number of benzene rings is 3. The molecule has 2 heterocycles. The molecule has 212 valence electrons. The number of ether oxygens (including phenoxy) is 1. The van der Waals surface area contributed by atoms with Gasteiger partial charge in [-0.15, -0.1) is 0 Å². The average molecular weight is 574 g/mol. The summed E-state index contributed by atoms with van der Waals surface area (Å²) in [6.07, 6.45) is 1.60. The number of fused-ring (bicyclic) bond motifs is 1. The monoisotopic (exact) mass is 573 g/mol. The normalized spacial score (nSPS) is 12.9. The third-order valence-electron chi connectivity index (χ3n) is 7.01. The Hall–Kier alpha value is -3.92. The Labute approximate surface area is 238 Å². The molecule has 10 nitrogen and oxygen atoms in total. The minimum atomic E-state index is -4.31. The largest absolute Gasteiger partial charge is 0.367 e. The van der Waals surface area contributed by atoms with Crippen molar-refractivity contribution in [3.05, 3.63) is 120 Å². The quantitative estimate of drug-likeness (QED) is 0.104. The van der Waals surface area contributed by atoms with Crippen molar-refractivity contribution in [1.82, 2.24) is 19.5 Å². The smallest absolute Gasteiger partial charge is 0.350 e. The SMILES string of the molecule is CCC(COCP(=O)(O)O)n1cnc2c(NOC)nc(C(c3ccccc3)(c3ccccc3)c3ccccc3)nc21. The molecule has 5 rings (SSSR count). The summed E-state index contributed by atoms with van der Waals surface area (Å²) < 4.78 is 18.7. The molecule has 0 radical (unpaired) electrons. The zero-order valence-corrected chi connectivity index (χ0v) is 23.7. The molecule has 0 amide bonds. The van der Waals surface area contributed by atoms with E-state index in [0.29, 0.717) is 29.2 Å². The molecule has 1 unspecified atom stereocenters. The van der Waals surface area contributed by atoms with Crippen molar-refractivity contribution >= 4 is 24.6 Å². The second-order valence-electron chi connectivity index (χ2n) is 9.60. The maximum Gasteiger partial charge on any atom is 0.350 e. The zero-order valence-electron chi connectivity index (χ0n) is 22.8. The minimum Gasteiger partial charge on any atom is -0.367 e. The van der Waals surface area contributed by atoms with E-state index in [9.17, 15) is 14.4 Å². The molecule has 0 aliphatic carbocycles. The first kappa shape index (κ1) is 28.6. The summed E-state index contributed by atoms with van der Waals surface area (Å²) in [6, 6.07) is 30.0. The summed E-state index contributed by atoms with van der Waals surface area (Å²) in [5, 5.41) is 0. The Balaban J connectivity index is 1.79. The van der Waals surface area contributed by atoms with Gasteiger partial charge < -0.3 is 19.1 Å². The van der Waals surface area contributed by atoms with Crippen molar-refractivity contribution < 1.29 is 23.9 Å². The van der Waals surface area contributed by atoms with Gasteiger partial charge in [-0.2, -0.15) is 0 Å². The Bertz CT molecular complexity index is 1530. The molecule has 0 bridgehead atoms. The second kappa shape index (κ2) is 12.3. The Morgan fingerprint density at radius 3 is 1.90 bits per heavy atom. The van der Waals surface area contributed by atoms with Crippen molar-refractivity contribution in [2.75, 3.05) is 25.5 Å². The maximum atomic E-state index is 11.4. The van der Waals surface area contributed by atoms with E-state index < -0.39 is 19.4 Å². The van der Waals surface area contributed by atoms with Gasteiger partial charge in [-0.1, -0.05) is 97.9 Å². The van der Waals surface area contributed by atoms with Crippen molar-refractivity contribution in [2.45, 2.75) is 24.8 Å². The summed E-state index contributed by atoms with van der Waals surface area (Å²) >= 11 is 0. The topological polar surface area (TPSA) is 132 Å². The van der Waals surface area contributed by atoms with Gasteiger partial charge in [-0.05, 0) is 23.1 Å². The molecule has 2 aromatic heterocycles. The van der Waals surface area contributed by atoms with Crippen LogP contribution in [0.25, 0.3) is 11.2 Å². The lowest BCUT2D eigenvalue weighted by Gasteiger charge is -2.34. The highest BCUT2D eigenvalue weighted by Crippen LogP contribution is 2.44. The van der Waals surface area contributed by atoms with Gasteiger partial charge in [0.25, 0.3) is 0 Å². The molecule has 0 saturated carbocycles. The predicted molar refractivity (Wildman–Crippen MR) is 156 cm³/mol. The van der Waals surface area contributed by atoms with Gasteiger partial charge in [0.05, 0.1) is 26.1 Å². The number of nitrogens with zero attached hydrogens (tertiary/aromatic N) is 4. The molecule has 41 heavy (non-hydrogen) atoms. The number of nitrogens with one attached hydrogen (secondary N) is 1. The minimum absolute atomic E-state index is 0.0701. The lowest BCUT2D eigenvalue weighted by molar-refractivity contribution is 0.123. The fraction of sp³-hybridized carbons (Fsp3) is 0.233. The lowest BCUT2D eigenvalue weighted by Crippen LogP contribution is -2.33. The van der Waals surface area contributed by atoms with E-state index in [4.69, 9.17) is 19.5 Å². The van der Waals surface area contributed by atoms with Gasteiger partial charge in [0, 0.05) is 0 Å². The van der Waals surface area contributed by atoms with E-state index in [1.165, 1.54) is 7.11 Å². The third kappa shape index (κ3) is 5.79. The standard InChI is InChI=1S/C30H32N5O5P/c1-3-25(19-40-21-41(36,37)38)35-20-31-26-27(34-39-2)32-29(33-28(26)35)30(22-13-7-4-8-14-22,23-15-9-5-10-16-23)24-17-11-6-12-18-24/h4-18,20,25H,3,19,21H2,1-2H3,(H,32,33,34)(H2,36,37,38). The van der Waals surface area contributed by atoms with Crippen molar-refractivity contribution in [2.24, 2.45) is 0 Å². The van der Waals surface area contributed by atoms with Gasteiger partial charge in [0.1, 0.15) is 11.8 Å². The van der Waals surface area contributed by atoms with Crippen molar-refractivity contribution in [1.29, 1.82) is 0 Å². The van der Waals surface area contributed by atoms with Crippen molar-refractivity contribution in [3.63, 3.8) is 0 Å². The fourth-order valence-electron chi connectivity index (χ4n) is 5.17. The molecule has 3 N–H and O–H groups in total. The van der Waals surface area contributed by atoms with Crippen LogP contribution in [0.3, 0.4) is 0 Å². The fourth-order valence-corrected chi connectivity index (χ4v) is 5.52. The highest BCUT2D eigenvalue weighted by atomic mass is 31.2. The van der Waals surface area contributed by atoms with E-state index in [-0.39, 0.29) is 12.6 Å². The average Bonchev–Trinajstić information content (AvgIpc) is 3.41. The molecular formula is C30H32N5O5P. The van der Waals surface area contributed by atoms with Crippen LogP contribution in [0.4, 0.5) is 5.82 Å². The maximum absolute atomic E-state index is 11.4. The van der Waals surface area contributed by atoms with Gasteiger partial charge in [0.15, 0.2) is 22.8 Å². The van der Waals surface area contributed by atoms with Crippen LogP contribution in [0, 0.1) is 0 Å². The van der Waals surface area contributed by atoms with Gasteiger partial charge >= 0.3 is 7.60 Å². The summed E-state index contributed by atoms with van der Waals surface area (Å²) in [6.45, 7) is 2.04. The number of hydrogen-bond acceptors (Lipinski definition) is 7. The van der Waals surface area contributed by atoms with Crippen LogP contribution in [0.2, 0.25) is 0 Å². The van der Waals surface area contributed by atoms with Crippen LogP contribution in [-0.2, 0) is 19.6 Å². The molecule has 0 aliphatic heterocycles. The Kier molecular flexibility index (Phi) is 8.58. The van der Waals surface area contributed by atoms with Crippen molar-refractivity contribution in [3.8, 4) is 0 Å². The van der Waals surface area contributed by atoms with Gasteiger partial charge in [-0.25, -0.2) is 20.4 Å². The van der Waals surface area contributed by atoms with Crippen LogP contribution in [0.15, 0.2) is 97.3 Å². The second-order valence-corrected chi connectivity index (χ2v) is 11.2. The summed E-state index contributed by atoms with van der Waals surface area (Å²) in [5.74, 6) is 0.894. The summed E-state index contributed by atoms with van der Waals surface area (Å²) in [7, 11) is -2.80. The van der Waals surface area contributed by atoms with E-state index in [1.54, 1.807) is 6.33 Å². The first-order valence-electron chi connectivity index (χ1n) is 13.2. The zero-order chi connectivity index (χ0) is 28.9. The van der Waals surface area contributed by atoms with Crippen LogP contribution >= 0.6 is 7.60 Å². The van der Waals surface area contributed by atoms with Crippen LogP contribution in [0.5, 0.6) is 0 Å². The molecular weight excluding hydrogens is 541 g/mol. The van der Waals surface area contributed by atoms with Crippen LogP contribution < -0.4 is 5.48 Å². The number of imidazole rings is 1. The molecule has 0 saturated heterocycles. The highest BCUT2D eigenvalue weighted by Gasteiger charge is 2.42. The summed E-state index contributed by atoms with van der Waals surface area (Å²) in [5.41, 5.74) is 5.94. The molecule has 0 aliphatic rings. The lowest BCUT2D eigenvalue weighted by atomic mass is 9.68.